The van der Waals surface area contributed by atoms with Crippen LogP contribution in [0.1, 0.15) is 239 Å². The Balaban J connectivity index is 4.38. The molecule has 0 fully saturated rings. The van der Waals surface area contributed by atoms with Crippen LogP contribution in [0.25, 0.3) is 0 Å². The van der Waals surface area contributed by atoms with E-state index in [9.17, 15) is 9.59 Å². The van der Waals surface area contributed by atoms with E-state index in [-0.39, 0.29) is 25.2 Å². The topological polar surface area (TPSA) is 61.8 Å². The Kier molecular flexibility index (Phi) is 50.0. The van der Waals surface area contributed by atoms with Gasteiger partial charge in [0.15, 0.2) is 6.10 Å². The molecule has 0 heterocycles. The lowest BCUT2D eigenvalue weighted by Gasteiger charge is -2.18. The SMILES string of the molecule is CC/C=C\C/C=C\C/C=C\C/C=C\C/C=C\CCCC(=O)OCC(COCCCCCCCC/C=C\CCCCCCCC)OC(=O)CCCCCCC/C=C\CCCCCC. The third-order valence-electron chi connectivity index (χ3n) is 10.9. The molecule has 0 saturated carbocycles. The molecule has 0 saturated heterocycles. The molecule has 0 N–H and O–H groups in total. The van der Waals surface area contributed by atoms with E-state index in [0.717, 1.165) is 83.5 Å². The van der Waals surface area contributed by atoms with Gasteiger partial charge in [-0.2, -0.15) is 0 Å². The Bertz CT molecular complexity index is 1160. The van der Waals surface area contributed by atoms with Crippen molar-refractivity contribution in [2.24, 2.45) is 0 Å². The lowest BCUT2D eigenvalue weighted by Crippen LogP contribution is -2.30. The van der Waals surface area contributed by atoms with E-state index in [2.05, 4.69) is 106 Å². The molecule has 1 unspecified atom stereocenters. The highest BCUT2D eigenvalue weighted by Gasteiger charge is 2.17. The standard InChI is InChI=1S/C57H98O5/c1-4-7-10-13-16-19-22-25-27-29-30-33-35-38-41-44-47-50-56(58)61-54-55(62-57(59)51-48-45-42-39-36-32-24-21-18-15-12-9-6-3)53-60-52-49-46-43-40-37-34-31-28-26-23-20-17-14-11-8-5-2/h7,10,16,19,21,24-28,30,33,38,41,55H,4-6,8-9,11-15,17-18,20,22-23,29,31-32,34-37,39-40,42-54H2,1-3H3/b10-7-,19-16-,24-21-,27-25-,28-26-,33-30-,41-38-. The number of rotatable bonds is 47. The van der Waals surface area contributed by atoms with Crippen molar-refractivity contribution in [3.05, 3.63) is 85.1 Å². The minimum Gasteiger partial charge on any atom is -0.462 e. The molecule has 0 aromatic rings. The number of esters is 2. The first-order chi connectivity index (χ1) is 30.6. The van der Waals surface area contributed by atoms with Crippen LogP contribution in [-0.2, 0) is 23.8 Å². The molecule has 0 radical (unpaired) electrons. The number of allylic oxidation sites excluding steroid dienone is 14. The van der Waals surface area contributed by atoms with Crippen LogP contribution < -0.4 is 0 Å². The van der Waals surface area contributed by atoms with Gasteiger partial charge in [0.1, 0.15) is 6.61 Å². The van der Waals surface area contributed by atoms with E-state index < -0.39 is 6.10 Å². The number of hydrogen-bond acceptors (Lipinski definition) is 5. The normalized spacial score (nSPS) is 12.9. The van der Waals surface area contributed by atoms with Gasteiger partial charge in [0.25, 0.3) is 0 Å². The van der Waals surface area contributed by atoms with Crippen LogP contribution >= 0.6 is 0 Å². The highest BCUT2D eigenvalue weighted by Crippen LogP contribution is 2.13. The summed E-state index contributed by atoms with van der Waals surface area (Å²) in [6.45, 7) is 7.62. The molecule has 0 spiro atoms. The van der Waals surface area contributed by atoms with Gasteiger partial charge in [0.2, 0.25) is 0 Å². The van der Waals surface area contributed by atoms with Crippen molar-refractivity contribution >= 4 is 11.9 Å². The molecular weight excluding hydrogens is 765 g/mol. The van der Waals surface area contributed by atoms with Gasteiger partial charge in [-0.15, -0.1) is 0 Å². The molecule has 1 atom stereocenters. The third-order valence-corrected chi connectivity index (χ3v) is 10.9. The summed E-state index contributed by atoms with van der Waals surface area (Å²) >= 11 is 0. The van der Waals surface area contributed by atoms with Gasteiger partial charge in [-0.1, -0.05) is 202 Å². The zero-order valence-corrected chi connectivity index (χ0v) is 40.9. The fourth-order valence-electron chi connectivity index (χ4n) is 7.00. The molecule has 0 aliphatic heterocycles. The van der Waals surface area contributed by atoms with Crippen molar-refractivity contribution in [2.45, 2.75) is 245 Å². The van der Waals surface area contributed by atoms with Crippen LogP contribution in [0.4, 0.5) is 0 Å². The van der Waals surface area contributed by atoms with Gasteiger partial charge in [-0.3, -0.25) is 9.59 Å². The zero-order chi connectivity index (χ0) is 44.9. The van der Waals surface area contributed by atoms with Gasteiger partial charge in [0.05, 0.1) is 6.61 Å². The van der Waals surface area contributed by atoms with E-state index in [0.29, 0.717) is 19.4 Å². The molecule has 5 nitrogen and oxygen atoms in total. The molecule has 0 aromatic heterocycles. The number of unbranched alkanes of at least 4 members (excludes halogenated alkanes) is 22. The first-order valence-corrected chi connectivity index (χ1v) is 26.1. The predicted molar refractivity (Wildman–Crippen MR) is 270 cm³/mol. The molecule has 0 aliphatic rings. The second kappa shape index (κ2) is 52.4. The quantitative estimate of drug-likeness (QED) is 0.0346. The third kappa shape index (κ3) is 49.7. The zero-order valence-electron chi connectivity index (χ0n) is 40.9. The Hall–Kier alpha value is -2.92. The summed E-state index contributed by atoms with van der Waals surface area (Å²) in [7, 11) is 0. The molecule has 5 heteroatoms. The van der Waals surface area contributed by atoms with Crippen LogP contribution in [0.15, 0.2) is 85.1 Å². The maximum atomic E-state index is 12.8. The molecule has 0 amide bonds. The molecular formula is C57H98O5. The highest BCUT2D eigenvalue weighted by atomic mass is 16.6. The Labute approximate surface area is 384 Å². The second-order valence-electron chi connectivity index (χ2n) is 17.0. The summed E-state index contributed by atoms with van der Waals surface area (Å²) in [5, 5.41) is 0. The van der Waals surface area contributed by atoms with Crippen molar-refractivity contribution in [1.29, 1.82) is 0 Å². The largest absolute Gasteiger partial charge is 0.462 e. The van der Waals surface area contributed by atoms with E-state index in [1.165, 1.54) is 122 Å². The van der Waals surface area contributed by atoms with E-state index in [4.69, 9.17) is 14.2 Å². The molecule has 0 aromatic carbocycles. The summed E-state index contributed by atoms with van der Waals surface area (Å²) in [5.74, 6) is -0.477. The predicted octanol–water partition coefficient (Wildman–Crippen LogP) is 17.7. The van der Waals surface area contributed by atoms with Crippen LogP contribution in [0.3, 0.4) is 0 Å². The Morgan fingerprint density at radius 3 is 1.24 bits per heavy atom. The van der Waals surface area contributed by atoms with Crippen molar-refractivity contribution in [1.82, 2.24) is 0 Å². The average molecular weight is 863 g/mol. The maximum Gasteiger partial charge on any atom is 0.306 e. The maximum absolute atomic E-state index is 12.8. The minimum absolute atomic E-state index is 0.0474. The number of carbonyl (C=O) groups is 2. The highest BCUT2D eigenvalue weighted by molar-refractivity contribution is 5.70. The van der Waals surface area contributed by atoms with E-state index in [1.807, 2.05) is 0 Å². The minimum atomic E-state index is -0.569. The fraction of sp³-hybridized carbons (Fsp3) is 0.719. The average Bonchev–Trinajstić information content (AvgIpc) is 3.27. The van der Waals surface area contributed by atoms with Crippen molar-refractivity contribution in [2.75, 3.05) is 19.8 Å². The molecule has 0 rings (SSSR count). The summed E-state index contributed by atoms with van der Waals surface area (Å²) in [5.41, 5.74) is 0. The smallest absolute Gasteiger partial charge is 0.306 e. The number of ether oxygens (including phenoxy) is 3. The monoisotopic (exact) mass is 863 g/mol. The van der Waals surface area contributed by atoms with Crippen LogP contribution in [-0.4, -0.2) is 37.9 Å². The second-order valence-corrected chi connectivity index (χ2v) is 17.0. The molecule has 0 aliphatic carbocycles. The van der Waals surface area contributed by atoms with Crippen molar-refractivity contribution in [3.63, 3.8) is 0 Å². The summed E-state index contributed by atoms with van der Waals surface area (Å²) < 4.78 is 17.3. The van der Waals surface area contributed by atoms with Crippen LogP contribution in [0.2, 0.25) is 0 Å². The van der Waals surface area contributed by atoms with Crippen LogP contribution in [0, 0.1) is 0 Å². The van der Waals surface area contributed by atoms with Gasteiger partial charge < -0.3 is 14.2 Å². The van der Waals surface area contributed by atoms with Crippen molar-refractivity contribution in [3.8, 4) is 0 Å². The molecule has 0 bridgehead atoms. The summed E-state index contributed by atoms with van der Waals surface area (Å²) in [6.07, 6.45) is 68.8. The molecule has 356 valence electrons. The number of hydrogen-bond donors (Lipinski definition) is 0. The first-order valence-electron chi connectivity index (χ1n) is 26.1. The lowest BCUT2D eigenvalue weighted by atomic mass is 10.1. The van der Waals surface area contributed by atoms with Gasteiger partial charge in [-0.25, -0.2) is 0 Å². The molecule has 62 heavy (non-hydrogen) atoms. The lowest BCUT2D eigenvalue weighted by molar-refractivity contribution is -0.163. The first kappa shape index (κ1) is 59.1. The summed E-state index contributed by atoms with van der Waals surface area (Å²) in [6, 6.07) is 0. The van der Waals surface area contributed by atoms with Crippen molar-refractivity contribution < 1.29 is 23.8 Å². The van der Waals surface area contributed by atoms with Gasteiger partial charge >= 0.3 is 11.9 Å². The van der Waals surface area contributed by atoms with Crippen LogP contribution in [0.5, 0.6) is 0 Å². The van der Waals surface area contributed by atoms with Gasteiger partial charge in [-0.05, 0) is 109 Å². The summed E-state index contributed by atoms with van der Waals surface area (Å²) in [4.78, 5) is 25.4. The van der Waals surface area contributed by atoms with E-state index >= 15 is 0 Å². The number of carbonyl (C=O) groups excluding carboxylic acids is 2. The Morgan fingerprint density at radius 1 is 0.371 bits per heavy atom. The van der Waals surface area contributed by atoms with E-state index in [1.54, 1.807) is 0 Å². The fourth-order valence-corrected chi connectivity index (χ4v) is 7.00. The van der Waals surface area contributed by atoms with Gasteiger partial charge in [0, 0.05) is 19.4 Å². The Morgan fingerprint density at radius 2 is 0.742 bits per heavy atom.